The van der Waals surface area contributed by atoms with Crippen LogP contribution >= 0.6 is 22.6 Å². The molecule has 5 heteroatoms. The van der Waals surface area contributed by atoms with Gasteiger partial charge in [-0.05, 0) is 59.7 Å². The van der Waals surface area contributed by atoms with Gasteiger partial charge in [-0.2, -0.15) is 0 Å². The number of carbonyl (C=O) groups is 1. The van der Waals surface area contributed by atoms with Gasteiger partial charge in [0.2, 0.25) is 5.91 Å². The first-order valence-electron chi connectivity index (χ1n) is 6.10. The molecule has 4 nitrogen and oxygen atoms in total. The smallest absolute Gasteiger partial charge is 0.239 e. The van der Waals surface area contributed by atoms with Crippen LogP contribution in [0, 0.1) is 3.57 Å². The van der Waals surface area contributed by atoms with Crippen LogP contribution in [-0.4, -0.2) is 31.7 Å². The van der Waals surface area contributed by atoms with Gasteiger partial charge >= 0.3 is 0 Å². The second-order valence-electron chi connectivity index (χ2n) is 4.31. The number of halogens is 1. The summed E-state index contributed by atoms with van der Waals surface area (Å²) >= 11 is 2.26. The van der Waals surface area contributed by atoms with E-state index in [1.54, 1.807) is 0 Å². The summed E-state index contributed by atoms with van der Waals surface area (Å²) in [4.78, 5) is 11.7. The lowest BCUT2D eigenvalue weighted by atomic mass is 10.1. The number of ether oxygens (including phenoxy) is 1. The van der Waals surface area contributed by atoms with Gasteiger partial charge in [-0.1, -0.05) is 0 Å². The third-order valence-corrected chi connectivity index (χ3v) is 3.60. The van der Waals surface area contributed by atoms with Crippen molar-refractivity contribution >= 4 is 34.2 Å². The van der Waals surface area contributed by atoms with Gasteiger partial charge in [0, 0.05) is 28.5 Å². The summed E-state index contributed by atoms with van der Waals surface area (Å²) in [5.74, 6) is 0.0421. The Kier molecular flexibility index (Phi) is 5.25. The van der Waals surface area contributed by atoms with Gasteiger partial charge in [-0.15, -0.1) is 0 Å². The standard InChI is InChI=1S/C13H17IN2O2/c14-10-1-3-11(4-2-10)15-9-13(17)16-12-5-7-18-8-6-12/h1-4,12,15H,5-9H2,(H,16,17). The SMILES string of the molecule is O=C(CNc1ccc(I)cc1)NC1CCOCC1. The van der Waals surface area contributed by atoms with Crippen molar-refractivity contribution in [1.82, 2.24) is 5.32 Å². The van der Waals surface area contributed by atoms with Crippen molar-refractivity contribution in [2.45, 2.75) is 18.9 Å². The molecule has 0 aromatic heterocycles. The van der Waals surface area contributed by atoms with Crippen molar-refractivity contribution in [2.24, 2.45) is 0 Å². The van der Waals surface area contributed by atoms with E-state index >= 15 is 0 Å². The first kappa shape index (κ1) is 13.6. The lowest BCUT2D eigenvalue weighted by molar-refractivity contribution is -0.120. The molecule has 0 bridgehead atoms. The van der Waals surface area contributed by atoms with E-state index in [1.807, 2.05) is 24.3 Å². The van der Waals surface area contributed by atoms with Crippen LogP contribution in [0.4, 0.5) is 5.69 Å². The number of hydrogen-bond acceptors (Lipinski definition) is 3. The molecule has 1 saturated heterocycles. The van der Waals surface area contributed by atoms with Crippen molar-refractivity contribution in [3.8, 4) is 0 Å². The molecule has 98 valence electrons. The van der Waals surface area contributed by atoms with E-state index < -0.39 is 0 Å². The molecule has 0 atom stereocenters. The molecule has 0 unspecified atom stereocenters. The van der Waals surface area contributed by atoms with Crippen LogP contribution in [0.1, 0.15) is 12.8 Å². The third-order valence-electron chi connectivity index (χ3n) is 2.88. The number of carbonyl (C=O) groups excluding carboxylic acids is 1. The molecule has 0 saturated carbocycles. The van der Waals surface area contributed by atoms with Gasteiger partial charge in [-0.3, -0.25) is 4.79 Å². The topological polar surface area (TPSA) is 50.4 Å². The highest BCUT2D eigenvalue weighted by molar-refractivity contribution is 14.1. The summed E-state index contributed by atoms with van der Waals surface area (Å²) in [5, 5.41) is 6.13. The van der Waals surface area contributed by atoms with Crippen LogP contribution in [-0.2, 0) is 9.53 Å². The highest BCUT2D eigenvalue weighted by Gasteiger charge is 2.15. The van der Waals surface area contributed by atoms with Crippen LogP contribution in [0.3, 0.4) is 0 Å². The van der Waals surface area contributed by atoms with Gasteiger partial charge < -0.3 is 15.4 Å². The molecule has 1 amide bonds. The predicted molar refractivity (Wildman–Crippen MR) is 79.6 cm³/mol. The largest absolute Gasteiger partial charge is 0.381 e. The van der Waals surface area contributed by atoms with Gasteiger partial charge in [-0.25, -0.2) is 0 Å². The van der Waals surface area contributed by atoms with E-state index in [4.69, 9.17) is 4.74 Å². The molecule has 1 aromatic carbocycles. The minimum atomic E-state index is 0.0421. The average molecular weight is 360 g/mol. The molecule has 2 rings (SSSR count). The quantitative estimate of drug-likeness (QED) is 0.808. The molecule has 2 N–H and O–H groups in total. The minimum Gasteiger partial charge on any atom is -0.381 e. The molecule has 0 radical (unpaired) electrons. The molecule has 1 aliphatic heterocycles. The van der Waals surface area contributed by atoms with Crippen molar-refractivity contribution < 1.29 is 9.53 Å². The fraction of sp³-hybridized carbons (Fsp3) is 0.462. The highest BCUT2D eigenvalue weighted by atomic mass is 127. The van der Waals surface area contributed by atoms with Crippen LogP contribution in [0.15, 0.2) is 24.3 Å². The van der Waals surface area contributed by atoms with Crippen molar-refractivity contribution in [3.63, 3.8) is 0 Å². The number of nitrogens with one attached hydrogen (secondary N) is 2. The number of benzene rings is 1. The fourth-order valence-electron chi connectivity index (χ4n) is 1.87. The zero-order valence-electron chi connectivity index (χ0n) is 10.1. The van der Waals surface area contributed by atoms with Crippen molar-refractivity contribution in [3.05, 3.63) is 27.8 Å². The fourth-order valence-corrected chi connectivity index (χ4v) is 2.23. The molecule has 1 aromatic rings. The summed E-state index contributed by atoms with van der Waals surface area (Å²) in [7, 11) is 0. The Balaban J connectivity index is 1.72. The zero-order valence-corrected chi connectivity index (χ0v) is 12.3. The van der Waals surface area contributed by atoms with Crippen LogP contribution < -0.4 is 10.6 Å². The summed E-state index contributed by atoms with van der Waals surface area (Å²) in [6, 6.07) is 8.25. The molecular weight excluding hydrogens is 343 g/mol. The summed E-state index contributed by atoms with van der Waals surface area (Å²) in [6.45, 7) is 1.81. The zero-order chi connectivity index (χ0) is 12.8. The lowest BCUT2D eigenvalue weighted by Gasteiger charge is -2.23. The van der Waals surface area contributed by atoms with Gasteiger partial charge in [0.25, 0.3) is 0 Å². The Hall–Kier alpha value is -0.820. The average Bonchev–Trinajstić information content (AvgIpc) is 2.39. The first-order valence-corrected chi connectivity index (χ1v) is 7.18. The number of rotatable bonds is 4. The van der Waals surface area contributed by atoms with Gasteiger partial charge in [0.1, 0.15) is 0 Å². The molecule has 18 heavy (non-hydrogen) atoms. The normalized spacial score (nSPS) is 16.3. The number of amides is 1. The second-order valence-corrected chi connectivity index (χ2v) is 5.56. The summed E-state index contributed by atoms with van der Waals surface area (Å²) in [5.41, 5.74) is 0.970. The van der Waals surface area contributed by atoms with Gasteiger partial charge in [0.05, 0.1) is 6.54 Å². The summed E-state index contributed by atoms with van der Waals surface area (Å²) < 4.78 is 6.44. The molecular formula is C13H17IN2O2. The van der Waals surface area contributed by atoms with Crippen molar-refractivity contribution in [2.75, 3.05) is 25.1 Å². The number of hydrogen-bond donors (Lipinski definition) is 2. The Morgan fingerprint density at radius 1 is 1.28 bits per heavy atom. The predicted octanol–water partition coefficient (Wildman–Crippen LogP) is 2.00. The maximum absolute atomic E-state index is 11.7. The Morgan fingerprint density at radius 2 is 1.94 bits per heavy atom. The molecule has 1 fully saturated rings. The lowest BCUT2D eigenvalue weighted by Crippen LogP contribution is -2.41. The Morgan fingerprint density at radius 3 is 2.61 bits per heavy atom. The molecule has 0 aliphatic carbocycles. The van der Waals surface area contributed by atoms with Gasteiger partial charge in [0.15, 0.2) is 0 Å². The third kappa shape index (κ3) is 4.45. The Bertz CT molecular complexity index is 388. The maximum atomic E-state index is 11.7. The van der Waals surface area contributed by atoms with E-state index in [0.29, 0.717) is 6.54 Å². The van der Waals surface area contributed by atoms with E-state index in [1.165, 1.54) is 3.57 Å². The highest BCUT2D eigenvalue weighted by Crippen LogP contribution is 2.10. The van der Waals surface area contributed by atoms with Crippen LogP contribution in [0.2, 0.25) is 0 Å². The van der Waals surface area contributed by atoms with Crippen LogP contribution in [0.5, 0.6) is 0 Å². The summed E-state index contributed by atoms with van der Waals surface area (Å²) in [6.07, 6.45) is 1.82. The minimum absolute atomic E-state index is 0.0421. The maximum Gasteiger partial charge on any atom is 0.239 e. The molecule has 1 heterocycles. The number of anilines is 1. The van der Waals surface area contributed by atoms with Crippen LogP contribution in [0.25, 0.3) is 0 Å². The van der Waals surface area contributed by atoms with E-state index in [2.05, 4.69) is 33.2 Å². The van der Waals surface area contributed by atoms with E-state index in [0.717, 1.165) is 31.7 Å². The van der Waals surface area contributed by atoms with E-state index in [9.17, 15) is 4.79 Å². The monoisotopic (exact) mass is 360 g/mol. The Labute approximate surface area is 121 Å². The second kappa shape index (κ2) is 6.94. The van der Waals surface area contributed by atoms with Crippen molar-refractivity contribution in [1.29, 1.82) is 0 Å². The molecule has 1 aliphatic rings. The van der Waals surface area contributed by atoms with E-state index in [-0.39, 0.29) is 11.9 Å². The first-order chi connectivity index (χ1) is 8.74. The molecule has 0 spiro atoms.